The Morgan fingerprint density at radius 2 is 2.00 bits per heavy atom. The average Bonchev–Trinajstić information content (AvgIpc) is 2.37. The van der Waals surface area contributed by atoms with Crippen molar-refractivity contribution in [3.63, 3.8) is 0 Å². The Bertz CT molecular complexity index is 513. The van der Waals surface area contributed by atoms with Crippen LogP contribution in [0.3, 0.4) is 0 Å². The number of rotatable bonds is 5. The molecular weight excluding hydrogens is 273 g/mol. The lowest BCUT2D eigenvalue weighted by atomic mass is 10.1. The molecule has 7 heteroatoms. The summed E-state index contributed by atoms with van der Waals surface area (Å²) in [6.07, 6.45) is -4.71. The Morgan fingerprint density at radius 3 is 2.50 bits per heavy atom. The fraction of sp³-hybridized carbons (Fsp3) is 0.462. The predicted molar refractivity (Wildman–Crippen MR) is 70.0 cm³/mol. The number of nitrogens with zero attached hydrogens (tertiary/aromatic N) is 2. The topological polar surface area (TPSA) is 55.5 Å². The van der Waals surface area contributed by atoms with Gasteiger partial charge in [-0.05, 0) is 13.3 Å². The van der Waals surface area contributed by atoms with E-state index in [1.165, 1.54) is 24.3 Å². The number of halogens is 3. The van der Waals surface area contributed by atoms with Gasteiger partial charge in [-0.1, -0.05) is 25.1 Å². The second-order valence-electron chi connectivity index (χ2n) is 4.39. The van der Waals surface area contributed by atoms with Gasteiger partial charge < -0.3 is 0 Å². The molecule has 1 unspecified atom stereocenters. The van der Waals surface area contributed by atoms with E-state index in [0.29, 0.717) is 6.42 Å². The van der Waals surface area contributed by atoms with Crippen LogP contribution in [-0.4, -0.2) is 22.9 Å². The van der Waals surface area contributed by atoms with Crippen LogP contribution >= 0.6 is 0 Å². The van der Waals surface area contributed by atoms with Gasteiger partial charge in [0.1, 0.15) is 5.71 Å². The molecule has 4 nitrogen and oxygen atoms in total. The van der Waals surface area contributed by atoms with Crippen molar-refractivity contribution in [2.24, 2.45) is 4.99 Å². The van der Waals surface area contributed by atoms with E-state index in [4.69, 9.17) is 0 Å². The molecule has 0 aliphatic carbocycles. The summed E-state index contributed by atoms with van der Waals surface area (Å²) in [6.45, 7) is 3.30. The first kappa shape index (κ1) is 16.1. The summed E-state index contributed by atoms with van der Waals surface area (Å²) in [5, 5.41) is 10.8. The SMILES string of the molecule is CCC(C)N=C(Cc1ccccc1[N+](=O)[O-])C(F)(F)F. The number of nitro benzene ring substituents is 1. The lowest BCUT2D eigenvalue weighted by Gasteiger charge is -2.13. The van der Waals surface area contributed by atoms with Crippen molar-refractivity contribution in [2.45, 2.75) is 38.9 Å². The second kappa shape index (κ2) is 6.49. The van der Waals surface area contributed by atoms with Crippen LogP contribution in [0.25, 0.3) is 0 Å². The van der Waals surface area contributed by atoms with Gasteiger partial charge in [-0.2, -0.15) is 13.2 Å². The van der Waals surface area contributed by atoms with Crippen molar-refractivity contribution in [1.29, 1.82) is 0 Å². The lowest BCUT2D eigenvalue weighted by Crippen LogP contribution is -2.27. The summed E-state index contributed by atoms with van der Waals surface area (Å²) in [4.78, 5) is 13.8. The van der Waals surface area contributed by atoms with E-state index >= 15 is 0 Å². The van der Waals surface area contributed by atoms with E-state index in [1.54, 1.807) is 13.8 Å². The Kier molecular flexibility index (Phi) is 5.24. The lowest BCUT2D eigenvalue weighted by molar-refractivity contribution is -0.385. The molecule has 1 aromatic rings. The van der Waals surface area contributed by atoms with Gasteiger partial charge in [-0.3, -0.25) is 15.1 Å². The third kappa shape index (κ3) is 4.32. The molecule has 0 saturated carbocycles. The molecule has 20 heavy (non-hydrogen) atoms. The van der Waals surface area contributed by atoms with Crippen LogP contribution in [0.2, 0.25) is 0 Å². The molecule has 0 radical (unpaired) electrons. The smallest absolute Gasteiger partial charge is 0.281 e. The number of hydrogen-bond donors (Lipinski definition) is 0. The first-order chi connectivity index (χ1) is 9.25. The molecule has 0 aromatic heterocycles. The standard InChI is InChI=1S/C13H15F3N2O2/c1-3-9(2)17-12(13(14,15)16)8-10-6-4-5-7-11(10)18(19)20/h4-7,9H,3,8H2,1-2H3. The number of hydrogen-bond acceptors (Lipinski definition) is 3. The molecule has 0 spiro atoms. The molecule has 110 valence electrons. The summed E-state index contributed by atoms with van der Waals surface area (Å²) in [7, 11) is 0. The third-order valence-corrected chi connectivity index (χ3v) is 2.84. The number of aliphatic imine (C=N–C) groups is 1. The minimum Gasteiger partial charge on any atom is -0.281 e. The van der Waals surface area contributed by atoms with Gasteiger partial charge in [0.25, 0.3) is 5.69 Å². The Morgan fingerprint density at radius 1 is 1.40 bits per heavy atom. The second-order valence-corrected chi connectivity index (χ2v) is 4.39. The Labute approximate surface area is 114 Å². The van der Waals surface area contributed by atoms with E-state index in [9.17, 15) is 23.3 Å². The van der Waals surface area contributed by atoms with Crippen molar-refractivity contribution in [2.75, 3.05) is 0 Å². The van der Waals surface area contributed by atoms with Gasteiger partial charge in [0.15, 0.2) is 0 Å². The van der Waals surface area contributed by atoms with E-state index in [1.807, 2.05) is 0 Å². The number of alkyl halides is 3. The van der Waals surface area contributed by atoms with Crippen LogP contribution in [0.4, 0.5) is 18.9 Å². The maximum absolute atomic E-state index is 12.9. The molecule has 1 atom stereocenters. The van der Waals surface area contributed by atoms with Crippen LogP contribution in [0.1, 0.15) is 25.8 Å². The number of para-hydroxylation sites is 1. The van der Waals surface area contributed by atoms with Crippen molar-refractivity contribution >= 4 is 11.4 Å². The molecule has 0 heterocycles. The van der Waals surface area contributed by atoms with Crippen LogP contribution in [0.5, 0.6) is 0 Å². The van der Waals surface area contributed by atoms with Gasteiger partial charge in [-0.15, -0.1) is 0 Å². The van der Waals surface area contributed by atoms with Crippen molar-refractivity contribution in [1.82, 2.24) is 0 Å². The molecule has 0 amide bonds. The van der Waals surface area contributed by atoms with Gasteiger partial charge in [0, 0.05) is 24.1 Å². The van der Waals surface area contributed by atoms with Crippen LogP contribution < -0.4 is 0 Å². The zero-order valence-electron chi connectivity index (χ0n) is 11.1. The molecule has 0 fully saturated rings. The fourth-order valence-electron chi connectivity index (χ4n) is 1.60. The van der Waals surface area contributed by atoms with Crippen molar-refractivity contribution < 1.29 is 18.1 Å². The largest absolute Gasteiger partial charge is 0.429 e. The summed E-state index contributed by atoms with van der Waals surface area (Å²) in [5.41, 5.74) is -1.30. The predicted octanol–water partition coefficient (Wildman–Crippen LogP) is 3.94. The first-order valence-corrected chi connectivity index (χ1v) is 6.11. The van der Waals surface area contributed by atoms with Gasteiger partial charge in [-0.25, -0.2) is 0 Å². The maximum atomic E-state index is 12.9. The molecule has 0 aliphatic heterocycles. The fourth-order valence-corrected chi connectivity index (χ4v) is 1.60. The first-order valence-electron chi connectivity index (χ1n) is 6.11. The number of nitro groups is 1. The summed E-state index contributed by atoms with van der Waals surface area (Å²) >= 11 is 0. The zero-order valence-corrected chi connectivity index (χ0v) is 11.1. The molecule has 1 aromatic carbocycles. The molecule has 0 aliphatic rings. The number of benzene rings is 1. The third-order valence-electron chi connectivity index (χ3n) is 2.84. The average molecular weight is 288 g/mol. The summed E-state index contributed by atoms with van der Waals surface area (Å²) in [5.74, 6) is 0. The Hall–Kier alpha value is -1.92. The minimum atomic E-state index is -4.59. The van der Waals surface area contributed by atoms with E-state index in [2.05, 4.69) is 4.99 Å². The van der Waals surface area contributed by atoms with Crippen LogP contribution in [0, 0.1) is 10.1 Å². The maximum Gasteiger partial charge on any atom is 0.429 e. The highest BCUT2D eigenvalue weighted by Gasteiger charge is 2.36. The van der Waals surface area contributed by atoms with Gasteiger partial charge >= 0.3 is 6.18 Å². The van der Waals surface area contributed by atoms with Gasteiger partial charge in [0.05, 0.1) is 4.92 Å². The molecule has 0 saturated heterocycles. The minimum absolute atomic E-state index is 0.0110. The molecule has 0 bridgehead atoms. The highest BCUT2D eigenvalue weighted by Crippen LogP contribution is 2.25. The highest BCUT2D eigenvalue weighted by atomic mass is 19.4. The zero-order chi connectivity index (χ0) is 15.3. The van der Waals surface area contributed by atoms with Crippen LogP contribution in [-0.2, 0) is 6.42 Å². The van der Waals surface area contributed by atoms with Crippen molar-refractivity contribution in [3.8, 4) is 0 Å². The van der Waals surface area contributed by atoms with E-state index in [-0.39, 0.29) is 11.3 Å². The van der Waals surface area contributed by atoms with E-state index < -0.39 is 29.3 Å². The van der Waals surface area contributed by atoms with Crippen LogP contribution in [0.15, 0.2) is 29.3 Å². The normalized spacial score (nSPS) is 14.2. The van der Waals surface area contributed by atoms with E-state index in [0.717, 1.165) is 0 Å². The van der Waals surface area contributed by atoms with Crippen molar-refractivity contribution in [3.05, 3.63) is 39.9 Å². The monoisotopic (exact) mass is 288 g/mol. The summed E-state index contributed by atoms with van der Waals surface area (Å²) in [6, 6.07) is 4.91. The molecule has 1 rings (SSSR count). The van der Waals surface area contributed by atoms with Gasteiger partial charge in [0.2, 0.25) is 0 Å². The Balaban J connectivity index is 3.15. The highest BCUT2D eigenvalue weighted by molar-refractivity contribution is 5.92. The molecular formula is C13H15F3N2O2. The molecule has 0 N–H and O–H groups in total. The quantitative estimate of drug-likeness (QED) is 0.468. The summed E-state index contributed by atoms with van der Waals surface area (Å²) < 4.78 is 38.8.